The highest BCUT2D eigenvalue weighted by atomic mass is 32.2. The van der Waals surface area contributed by atoms with Crippen LogP contribution in [0.15, 0.2) is 40.3 Å². The fraction of sp³-hybridized carbons (Fsp3) is 0.389. The van der Waals surface area contributed by atoms with Crippen LogP contribution in [0.1, 0.15) is 42.8 Å². The van der Waals surface area contributed by atoms with Gasteiger partial charge in [-0.05, 0) is 33.3 Å². The summed E-state index contributed by atoms with van der Waals surface area (Å²) in [6.45, 7) is 7.61. The third-order valence-electron chi connectivity index (χ3n) is 3.54. The zero-order chi connectivity index (χ0) is 17.7. The van der Waals surface area contributed by atoms with Gasteiger partial charge in [-0.3, -0.25) is 9.59 Å². The van der Waals surface area contributed by atoms with E-state index in [0.29, 0.717) is 16.4 Å². The maximum Gasteiger partial charge on any atom is 0.255 e. The van der Waals surface area contributed by atoms with Crippen LogP contribution in [0.25, 0.3) is 0 Å². The number of aryl methyl sites for hydroxylation is 1. The quantitative estimate of drug-likeness (QED) is 0.623. The van der Waals surface area contributed by atoms with Crippen LogP contribution in [0.2, 0.25) is 0 Å². The molecule has 0 aliphatic heterocycles. The second-order valence-electron chi connectivity index (χ2n) is 6.00. The van der Waals surface area contributed by atoms with Crippen LogP contribution in [-0.4, -0.2) is 21.9 Å². The number of benzene rings is 1. The van der Waals surface area contributed by atoms with Crippen LogP contribution in [0, 0.1) is 6.92 Å². The first kappa shape index (κ1) is 18.3. The fourth-order valence-electron chi connectivity index (χ4n) is 2.34. The lowest BCUT2D eigenvalue weighted by molar-refractivity contribution is -0.120. The molecule has 1 aromatic carbocycles. The molecule has 0 saturated carbocycles. The van der Waals surface area contributed by atoms with Crippen molar-refractivity contribution in [1.82, 2.24) is 15.3 Å². The first-order valence-corrected chi connectivity index (χ1v) is 8.85. The molecular formula is C18H23N3O2S. The molecule has 2 rings (SSSR count). The van der Waals surface area contributed by atoms with Gasteiger partial charge in [-0.15, -0.1) is 0 Å². The van der Waals surface area contributed by atoms with E-state index in [-0.39, 0.29) is 29.2 Å². The summed E-state index contributed by atoms with van der Waals surface area (Å²) in [5.74, 6) is -0.168. The monoisotopic (exact) mass is 345 g/mol. The molecule has 1 amide bonds. The van der Waals surface area contributed by atoms with Gasteiger partial charge in [-0.2, -0.15) is 0 Å². The van der Waals surface area contributed by atoms with Crippen molar-refractivity contribution in [2.24, 2.45) is 0 Å². The molecule has 128 valence electrons. The average Bonchev–Trinajstić information content (AvgIpc) is 2.51. The highest BCUT2D eigenvalue weighted by Crippen LogP contribution is 2.32. The van der Waals surface area contributed by atoms with Crippen LogP contribution in [-0.2, 0) is 11.2 Å². The summed E-state index contributed by atoms with van der Waals surface area (Å²) in [7, 11) is 0. The van der Waals surface area contributed by atoms with Crippen LogP contribution >= 0.6 is 11.8 Å². The summed E-state index contributed by atoms with van der Waals surface area (Å²) in [6, 6.07) is 10.1. The number of H-pyrrole nitrogens is 1. The molecule has 24 heavy (non-hydrogen) atoms. The smallest absolute Gasteiger partial charge is 0.255 e. The third kappa shape index (κ3) is 4.96. The lowest BCUT2D eigenvalue weighted by Gasteiger charge is -2.13. The zero-order valence-electron chi connectivity index (χ0n) is 14.4. The molecule has 1 atom stereocenters. The molecule has 5 nitrogen and oxygen atoms in total. The number of thioether (sulfide) groups is 1. The number of carbonyl (C=O) groups excluding carboxylic acids is 1. The number of hydrogen-bond donors (Lipinski definition) is 2. The highest BCUT2D eigenvalue weighted by molar-refractivity contribution is 7.99. The first-order chi connectivity index (χ1) is 11.4. The Morgan fingerprint density at radius 3 is 2.50 bits per heavy atom. The number of nitrogens with zero attached hydrogens (tertiary/aromatic N) is 1. The molecule has 0 fully saturated rings. The lowest BCUT2D eigenvalue weighted by atomic mass is 10.1. The van der Waals surface area contributed by atoms with Gasteiger partial charge in [-0.1, -0.05) is 42.1 Å². The number of aromatic nitrogens is 2. The summed E-state index contributed by atoms with van der Waals surface area (Å²) in [5, 5.41) is 3.53. The SMILES string of the molecule is Cc1nc(SC(C)c2ccccc2)[nH]c(=O)c1CC(=O)NC(C)C. The summed E-state index contributed by atoms with van der Waals surface area (Å²) < 4.78 is 0. The Bertz CT molecular complexity index is 757. The predicted molar refractivity (Wildman–Crippen MR) is 97.3 cm³/mol. The maximum atomic E-state index is 12.3. The van der Waals surface area contributed by atoms with Crippen LogP contribution in [0.3, 0.4) is 0 Å². The standard InChI is InChI=1S/C18H23N3O2S/c1-11(2)19-16(22)10-15-12(3)20-18(21-17(15)23)24-13(4)14-8-6-5-7-9-14/h5-9,11,13H,10H2,1-4H3,(H,19,22)(H,20,21,23). The van der Waals surface area contributed by atoms with Gasteiger partial charge in [0.25, 0.3) is 5.56 Å². The Morgan fingerprint density at radius 2 is 1.92 bits per heavy atom. The van der Waals surface area contributed by atoms with E-state index in [1.807, 2.05) is 44.2 Å². The van der Waals surface area contributed by atoms with Crippen molar-refractivity contribution in [2.75, 3.05) is 0 Å². The number of rotatable bonds is 6. The molecule has 0 aliphatic rings. The Hall–Kier alpha value is -2.08. The molecule has 0 aliphatic carbocycles. The van der Waals surface area contributed by atoms with E-state index in [0.717, 1.165) is 0 Å². The molecule has 0 saturated heterocycles. The van der Waals surface area contributed by atoms with Crippen molar-refractivity contribution in [3.05, 3.63) is 57.5 Å². The second-order valence-corrected chi connectivity index (χ2v) is 7.33. The topological polar surface area (TPSA) is 74.8 Å². The number of aromatic amines is 1. The molecule has 1 unspecified atom stereocenters. The van der Waals surface area contributed by atoms with Crippen LogP contribution < -0.4 is 10.9 Å². The van der Waals surface area contributed by atoms with Gasteiger partial charge in [0.1, 0.15) is 0 Å². The lowest BCUT2D eigenvalue weighted by Crippen LogP contribution is -2.33. The van der Waals surface area contributed by atoms with E-state index in [4.69, 9.17) is 0 Å². The minimum absolute atomic E-state index is 0.0472. The average molecular weight is 345 g/mol. The molecule has 0 bridgehead atoms. The number of amides is 1. The summed E-state index contributed by atoms with van der Waals surface area (Å²) >= 11 is 1.50. The Balaban J connectivity index is 2.14. The zero-order valence-corrected chi connectivity index (χ0v) is 15.2. The Labute approximate surface area is 146 Å². The number of hydrogen-bond acceptors (Lipinski definition) is 4. The fourth-order valence-corrected chi connectivity index (χ4v) is 3.31. The molecule has 0 radical (unpaired) electrons. The van der Waals surface area contributed by atoms with Crippen molar-refractivity contribution in [2.45, 2.75) is 50.6 Å². The molecule has 1 heterocycles. The molecule has 1 aromatic heterocycles. The van der Waals surface area contributed by atoms with Gasteiger partial charge in [0.05, 0.1) is 6.42 Å². The van der Waals surface area contributed by atoms with Gasteiger partial charge < -0.3 is 10.3 Å². The minimum Gasteiger partial charge on any atom is -0.354 e. The highest BCUT2D eigenvalue weighted by Gasteiger charge is 2.15. The van der Waals surface area contributed by atoms with E-state index in [1.165, 1.54) is 17.3 Å². The van der Waals surface area contributed by atoms with Gasteiger partial charge in [0.2, 0.25) is 5.91 Å². The van der Waals surface area contributed by atoms with Crippen molar-refractivity contribution in [3.63, 3.8) is 0 Å². The summed E-state index contributed by atoms with van der Waals surface area (Å²) in [6.07, 6.45) is 0.0472. The second kappa shape index (κ2) is 8.15. The van der Waals surface area contributed by atoms with Crippen LogP contribution in [0.4, 0.5) is 0 Å². The normalized spacial score (nSPS) is 12.2. The van der Waals surface area contributed by atoms with E-state index in [1.54, 1.807) is 6.92 Å². The number of nitrogens with one attached hydrogen (secondary N) is 2. The summed E-state index contributed by atoms with van der Waals surface area (Å²) in [4.78, 5) is 31.4. The molecular weight excluding hydrogens is 322 g/mol. The maximum absolute atomic E-state index is 12.3. The molecule has 6 heteroatoms. The number of carbonyl (C=O) groups is 1. The van der Waals surface area contributed by atoms with E-state index in [9.17, 15) is 9.59 Å². The van der Waals surface area contributed by atoms with Crippen molar-refractivity contribution >= 4 is 17.7 Å². The molecule has 2 aromatic rings. The van der Waals surface area contributed by atoms with E-state index < -0.39 is 0 Å². The third-order valence-corrected chi connectivity index (χ3v) is 4.59. The van der Waals surface area contributed by atoms with Gasteiger partial charge in [0, 0.05) is 22.5 Å². The van der Waals surface area contributed by atoms with Gasteiger partial charge >= 0.3 is 0 Å². The molecule has 2 N–H and O–H groups in total. The van der Waals surface area contributed by atoms with Crippen LogP contribution in [0.5, 0.6) is 0 Å². The van der Waals surface area contributed by atoms with E-state index >= 15 is 0 Å². The van der Waals surface area contributed by atoms with Crippen molar-refractivity contribution in [1.29, 1.82) is 0 Å². The largest absolute Gasteiger partial charge is 0.354 e. The van der Waals surface area contributed by atoms with E-state index in [2.05, 4.69) is 22.2 Å². The van der Waals surface area contributed by atoms with Gasteiger partial charge in [-0.25, -0.2) is 4.98 Å². The van der Waals surface area contributed by atoms with Crippen molar-refractivity contribution < 1.29 is 4.79 Å². The Morgan fingerprint density at radius 1 is 1.25 bits per heavy atom. The van der Waals surface area contributed by atoms with Gasteiger partial charge in [0.15, 0.2) is 5.16 Å². The first-order valence-electron chi connectivity index (χ1n) is 7.97. The van der Waals surface area contributed by atoms with Crippen molar-refractivity contribution in [3.8, 4) is 0 Å². The summed E-state index contributed by atoms with van der Waals surface area (Å²) in [5.41, 5.74) is 1.94. The molecule has 0 spiro atoms. The predicted octanol–water partition coefficient (Wildman–Crippen LogP) is 3.00. The Kier molecular flexibility index (Phi) is 6.20. The minimum atomic E-state index is -0.246.